The topological polar surface area (TPSA) is 64.5 Å². The normalized spacial score (nSPS) is 16.9. The van der Waals surface area contributed by atoms with Gasteiger partial charge in [-0.2, -0.15) is 0 Å². The highest BCUT2D eigenvalue weighted by Gasteiger charge is 2.09. The average Bonchev–Trinajstić information content (AvgIpc) is 2.35. The lowest BCUT2D eigenvalue weighted by molar-refractivity contribution is 0.419. The second-order valence-electron chi connectivity index (χ2n) is 4.11. The van der Waals surface area contributed by atoms with Crippen molar-refractivity contribution in [3.05, 3.63) is 59.6 Å². The SMILES string of the molecule is CC=C1C=C(Oc2ccc(N)cc2C)C=CN1N. The summed E-state index contributed by atoms with van der Waals surface area (Å²) in [4.78, 5) is 0. The second kappa shape index (κ2) is 4.98. The van der Waals surface area contributed by atoms with Crippen molar-refractivity contribution in [1.82, 2.24) is 5.01 Å². The molecule has 1 aromatic rings. The third-order valence-corrected chi connectivity index (χ3v) is 2.71. The first-order chi connectivity index (χ1) is 8.60. The monoisotopic (exact) mass is 243 g/mol. The molecule has 1 aliphatic heterocycles. The number of hydrazine groups is 1. The molecule has 0 saturated carbocycles. The molecule has 0 radical (unpaired) electrons. The molecule has 1 aromatic carbocycles. The summed E-state index contributed by atoms with van der Waals surface area (Å²) in [5.41, 5.74) is 8.33. The second-order valence-corrected chi connectivity index (χ2v) is 4.11. The minimum absolute atomic E-state index is 0.732. The largest absolute Gasteiger partial charge is 0.457 e. The van der Waals surface area contributed by atoms with Crippen molar-refractivity contribution >= 4 is 5.69 Å². The van der Waals surface area contributed by atoms with Crippen LogP contribution in [0.1, 0.15) is 12.5 Å². The molecule has 0 aliphatic carbocycles. The molecule has 0 bridgehead atoms. The highest BCUT2D eigenvalue weighted by Crippen LogP contribution is 2.24. The van der Waals surface area contributed by atoms with Crippen LogP contribution in [0.4, 0.5) is 5.69 Å². The van der Waals surface area contributed by atoms with E-state index in [1.165, 1.54) is 0 Å². The van der Waals surface area contributed by atoms with Crippen molar-refractivity contribution in [3.8, 4) is 5.75 Å². The number of allylic oxidation sites excluding steroid dienone is 3. The number of nitrogens with zero attached hydrogens (tertiary/aromatic N) is 1. The Labute approximate surface area is 107 Å². The van der Waals surface area contributed by atoms with E-state index >= 15 is 0 Å². The molecule has 4 N–H and O–H groups in total. The van der Waals surface area contributed by atoms with Crippen molar-refractivity contribution in [2.75, 3.05) is 5.73 Å². The zero-order chi connectivity index (χ0) is 13.1. The predicted octanol–water partition coefficient (Wildman–Crippen LogP) is 2.45. The minimum atomic E-state index is 0.732. The lowest BCUT2D eigenvalue weighted by atomic mass is 10.2. The van der Waals surface area contributed by atoms with Crippen molar-refractivity contribution < 1.29 is 4.74 Å². The van der Waals surface area contributed by atoms with Crippen molar-refractivity contribution in [2.24, 2.45) is 5.84 Å². The number of benzene rings is 1. The number of hydrogen-bond acceptors (Lipinski definition) is 4. The number of anilines is 1. The van der Waals surface area contributed by atoms with E-state index in [1.807, 2.05) is 50.3 Å². The van der Waals surface area contributed by atoms with Crippen molar-refractivity contribution in [2.45, 2.75) is 13.8 Å². The van der Waals surface area contributed by atoms with E-state index in [2.05, 4.69) is 0 Å². The van der Waals surface area contributed by atoms with Gasteiger partial charge in [-0.15, -0.1) is 0 Å². The van der Waals surface area contributed by atoms with E-state index < -0.39 is 0 Å². The summed E-state index contributed by atoms with van der Waals surface area (Å²) in [6.45, 7) is 3.89. The van der Waals surface area contributed by atoms with E-state index in [0.717, 1.165) is 28.5 Å². The predicted molar refractivity (Wildman–Crippen MR) is 73.2 cm³/mol. The number of nitrogen functional groups attached to an aromatic ring is 1. The Morgan fingerprint density at radius 3 is 2.78 bits per heavy atom. The molecule has 0 fully saturated rings. The van der Waals surface area contributed by atoms with Crippen LogP contribution in [0, 0.1) is 6.92 Å². The molecule has 0 amide bonds. The molecule has 4 heteroatoms. The van der Waals surface area contributed by atoms with Crippen LogP contribution in [-0.2, 0) is 0 Å². The first-order valence-electron chi connectivity index (χ1n) is 5.74. The zero-order valence-electron chi connectivity index (χ0n) is 10.6. The van der Waals surface area contributed by atoms with Gasteiger partial charge in [-0.25, -0.2) is 5.84 Å². The van der Waals surface area contributed by atoms with E-state index in [1.54, 1.807) is 11.2 Å². The van der Waals surface area contributed by atoms with Crippen LogP contribution in [0.15, 0.2) is 54.1 Å². The summed E-state index contributed by atoms with van der Waals surface area (Å²) in [7, 11) is 0. The quantitative estimate of drug-likeness (QED) is 0.618. The highest BCUT2D eigenvalue weighted by molar-refractivity contribution is 5.48. The molecule has 0 spiro atoms. The Bertz CT molecular complexity index is 544. The van der Waals surface area contributed by atoms with E-state index in [-0.39, 0.29) is 0 Å². The Kier molecular flexibility index (Phi) is 3.39. The van der Waals surface area contributed by atoms with Crippen LogP contribution in [0.2, 0.25) is 0 Å². The molecule has 0 saturated heterocycles. The maximum Gasteiger partial charge on any atom is 0.131 e. The van der Waals surface area contributed by atoms with Crippen LogP contribution in [0.25, 0.3) is 0 Å². The fourth-order valence-electron chi connectivity index (χ4n) is 1.72. The number of nitrogens with two attached hydrogens (primary N) is 2. The van der Waals surface area contributed by atoms with Gasteiger partial charge in [0.05, 0.1) is 5.70 Å². The van der Waals surface area contributed by atoms with Gasteiger partial charge in [0, 0.05) is 18.0 Å². The summed E-state index contributed by atoms with van der Waals surface area (Å²) < 4.78 is 5.82. The van der Waals surface area contributed by atoms with E-state index in [4.69, 9.17) is 16.3 Å². The standard InChI is InChI=1S/C14H17N3O/c1-3-12-9-13(6-7-17(12)16)18-14-5-4-11(15)8-10(14)2/h3-9H,15-16H2,1-2H3. The summed E-state index contributed by atoms with van der Waals surface area (Å²) >= 11 is 0. The number of ether oxygens (including phenoxy) is 1. The van der Waals surface area contributed by atoms with Crippen LogP contribution < -0.4 is 16.3 Å². The molecular weight excluding hydrogens is 226 g/mol. The summed E-state index contributed by atoms with van der Waals surface area (Å²) in [6, 6.07) is 5.57. The summed E-state index contributed by atoms with van der Waals surface area (Å²) in [5.74, 6) is 7.30. The number of hydrogen-bond donors (Lipinski definition) is 2. The first-order valence-corrected chi connectivity index (χ1v) is 5.74. The van der Waals surface area contributed by atoms with Gasteiger partial charge in [-0.05, 0) is 43.7 Å². The zero-order valence-corrected chi connectivity index (χ0v) is 10.6. The molecule has 4 nitrogen and oxygen atoms in total. The van der Waals surface area contributed by atoms with Gasteiger partial charge in [-0.1, -0.05) is 6.08 Å². The maximum atomic E-state index is 5.82. The van der Waals surface area contributed by atoms with Gasteiger partial charge >= 0.3 is 0 Å². The Morgan fingerprint density at radius 1 is 1.33 bits per heavy atom. The maximum absolute atomic E-state index is 5.82. The summed E-state index contributed by atoms with van der Waals surface area (Å²) in [5, 5.41) is 1.54. The molecule has 1 aliphatic rings. The summed E-state index contributed by atoms with van der Waals surface area (Å²) in [6.07, 6.45) is 7.39. The number of rotatable bonds is 2. The third-order valence-electron chi connectivity index (χ3n) is 2.71. The van der Waals surface area contributed by atoms with Gasteiger partial charge < -0.3 is 10.5 Å². The third kappa shape index (κ3) is 2.55. The van der Waals surface area contributed by atoms with Crippen molar-refractivity contribution in [3.63, 3.8) is 0 Å². The molecule has 0 aromatic heterocycles. The van der Waals surface area contributed by atoms with Crippen molar-refractivity contribution in [1.29, 1.82) is 0 Å². The average molecular weight is 243 g/mol. The fraction of sp³-hybridized carbons (Fsp3) is 0.143. The van der Waals surface area contributed by atoms with Crippen LogP contribution in [0.5, 0.6) is 5.75 Å². The molecular formula is C14H17N3O. The van der Waals surface area contributed by atoms with Gasteiger partial charge in [-0.3, -0.25) is 5.01 Å². The van der Waals surface area contributed by atoms with Gasteiger partial charge in [0.25, 0.3) is 0 Å². The minimum Gasteiger partial charge on any atom is -0.457 e. The molecule has 94 valence electrons. The van der Waals surface area contributed by atoms with E-state index in [0.29, 0.717) is 0 Å². The first kappa shape index (κ1) is 12.3. The van der Waals surface area contributed by atoms with Gasteiger partial charge in [0.15, 0.2) is 0 Å². The Hall–Kier alpha value is -2.20. The number of aryl methyl sites for hydroxylation is 1. The molecule has 0 unspecified atom stereocenters. The smallest absolute Gasteiger partial charge is 0.131 e. The van der Waals surface area contributed by atoms with Gasteiger partial charge in [0.1, 0.15) is 11.5 Å². The fourth-order valence-corrected chi connectivity index (χ4v) is 1.72. The molecule has 0 atom stereocenters. The van der Waals surface area contributed by atoms with Crippen LogP contribution in [0.3, 0.4) is 0 Å². The molecule has 18 heavy (non-hydrogen) atoms. The Morgan fingerprint density at radius 2 is 2.11 bits per heavy atom. The van der Waals surface area contributed by atoms with E-state index in [9.17, 15) is 0 Å². The van der Waals surface area contributed by atoms with Crippen LogP contribution in [-0.4, -0.2) is 5.01 Å². The molecule has 1 heterocycles. The lowest BCUT2D eigenvalue weighted by Crippen LogP contribution is -2.25. The lowest BCUT2D eigenvalue weighted by Gasteiger charge is -2.20. The Balaban J connectivity index is 2.22. The van der Waals surface area contributed by atoms with Crippen LogP contribution >= 0.6 is 0 Å². The molecule has 2 rings (SSSR count). The highest BCUT2D eigenvalue weighted by atomic mass is 16.5. The van der Waals surface area contributed by atoms with Gasteiger partial charge in [0.2, 0.25) is 0 Å².